The molecule has 0 N–H and O–H groups in total. The second kappa shape index (κ2) is 5.98. The number of hydrogen-bond acceptors (Lipinski definition) is 4. The lowest BCUT2D eigenvalue weighted by Gasteiger charge is -2.29. The van der Waals surface area contributed by atoms with Gasteiger partial charge < -0.3 is 9.47 Å². The van der Waals surface area contributed by atoms with Crippen LogP contribution in [0.3, 0.4) is 0 Å². The van der Waals surface area contributed by atoms with Gasteiger partial charge in [0.1, 0.15) is 5.82 Å². The molecule has 136 valence electrons. The summed E-state index contributed by atoms with van der Waals surface area (Å²) < 4.78 is 18.4. The molecule has 4 rings (SSSR count). The van der Waals surface area contributed by atoms with Gasteiger partial charge in [-0.1, -0.05) is 17.7 Å². The molecule has 0 radical (unpaired) electrons. The Bertz CT molecular complexity index is 1130. The summed E-state index contributed by atoms with van der Waals surface area (Å²) in [5.74, 6) is 0.165. The molecule has 0 bridgehead atoms. The highest BCUT2D eigenvalue weighted by molar-refractivity contribution is 6.31. The molecule has 2 aromatic heterocycles. The van der Waals surface area contributed by atoms with E-state index in [0.29, 0.717) is 40.8 Å². The molecule has 0 saturated heterocycles. The molecule has 1 aromatic carbocycles. The van der Waals surface area contributed by atoms with Crippen molar-refractivity contribution in [1.82, 2.24) is 18.7 Å². The van der Waals surface area contributed by atoms with Gasteiger partial charge in [0.15, 0.2) is 11.2 Å². The van der Waals surface area contributed by atoms with Gasteiger partial charge in [-0.15, -0.1) is 0 Å². The maximum Gasteiger partial charge on any atom is 0.332 e. The molecule has 0 spiro atoms. The van der Waals surface area contributed by atoms with E-state index in [-0.39, 0.29) is 17.9 Å². The minimum atomic E-state index is -0.429. The van der Waals surface area contributed by atoms with Crippen molar-refractivity contribution in [3.05, 3.63) is 55.4 Å². The number of benzene rings is 1. The Morgan fingerprint density at radius 2 is 1.96 bits per heavy atom. The highest BCUT2D eigenvalue weighted by atomic mass is 35.5. The van der Waals surface area contributed by atoms with Crippen LogP contribution in [-0.4, -0.2) is 25.2 Å². The van der Waals surface area contributed by atoms with Crippen LogP contribution in [0.1, 0.15) is 12.0 Å². The van der Waals surface area contributed by atoms with E-state index in [9.17, 15) is 14.0 Å². The molecule has 0 fully saturated rings. The second-order valence-electron chi connectivity index (χ2n) is 6.42. The molecule has 26 heavy (non-hydrogen) atoms. The Kier molecular flexibility index (Phi) is 3.87. The number of fused-ring (bicyclic) bond motifs is 3. The van der Waals surface area contributed by atoms with Crippen LogP contribution in [0.15, 0.2) is 27.8 Å². The number of rotatable bonds is 2. The van der Waals surface area contributed by atoms with E-state index in [1.54, 1.807) is 23.7 Å². The second-order valence-corrected chi connectivity index (χ2v) is 6.82. The van der Waals surface area contributed by atoms with Crippen molar-refractivity contribution in [1.29, 1.82) is 0 Å². The number of imidazole rings is 1. The topological polar surface area (TPSA) is 65.1 Å². The third-order valence-corrected chi connectivity index (χ3v) is 5.19. The Balaban J connectivity index is 1.90. The lowest BCUT2D eigenvalue weighted by molar-refractivity contribution is 0.549. The third-order valence-electron chi connectivity index (χ3n) is 4.83. The first-order valence-corrected chi connectivity index (χ1v) is 8.62. The van der Waals surface area contributed by atoms with Crippen LogP contribution >= 0.6 is 11.6 Å². The van der Waals surface area contributed by atoms with Gasteiger partial charge in [0.05, 0.1) is 6.54 Å². The minimum absolute atomic E-state index is 0.239. The zero-order valence-corrected chi connectivity index (χ0v) is 15.1. The molecule has 1 aliphatic rings. The summed E-state index contributed by atoms with van der Waals surface area (Å²) in [7, 11) is 3.03. The van der Waals surface area contributed by atoms with Crippen LogP contribution in [0.4, 0.5) is 10.3 Å². The monoisotopic (exact) mass is 377 g/mol. The standard InChI is InChI=1S/C17H17ClFN5O2/c1-21-14-13(15(25)22(2)17(21)26)24-8-4-7-23(16(24)20-14)9-10-11(18)5-3-6-12(10)19/h3,5-6H,4,7-9H2,1-2H3. The number of hydrogen-bond donors (Lipinski definition) is 0. The van der Waals surface area contributed by atoms with Crippen molar-refractivity contribution in [2.45, 2.75) is 19.5 Å². The summed E-state index contributed by atoms with van der Waals surface area (Å²) in [6, 6.07) is 4.58. The highest BCUT2D eigenvalue weighted by Crippen LogP contribution is 2.28. The van der Waals surface area contributed by atoms with E-state index in [2.05, 4.69) is 4.98 Å². The van der Waals surface area contributed by atoms with E-state index in [1.165, 1.54) is 17.7 Å². The number of anilines is 1. The van der Waals surface area contributed by atoms with E-state index in [0.717, 1.165) is 11.0 Å². The lowest BCUT2D eigenvalue weighted by Crippen LogP contribution is -2.38. The molecule has 0 aliphatic carbocycles. The van der Waals surface area contributed by atoms with Gasteiger partial charge >= 0.3 is 5.69 Å². The number of halogens is 2. The van der Waals surface area contributed by atoms with E-state index in [4.69, 9.17) is 11.6 Å². The number of aryl methyl sites for hydroxylation is 2. The van der Waals surface area contributed by atoms with Crippen LogP contribution in [0.2, 0.25) is 5.02 Å². The first-order valence-electron chi connectivity index (χ1n) is 8.24. The summed E-state index contributed by atoms with van der Waals surface area (Å²) in [6.07, 6.45) is 0.774. The van der Waals surface area contributed by atoms with Gasteiger partial charge in [0.2, 0.25) is 5.95 Å². The van der Waals surface area contributed by atoms with Gasteiger partial charge in [-0.3, -0.25) is 13.9 Å². The number of nitrogens with zero attached hydrogens (tertiary/aromatic N) is 5. The normalized spacial score (nSPS) is 14.1. The molecule has 0 atom stereocenters. The van der Waals surface area contributed by atoms with E-state index >= 15 is 0 Å². The van der Waals surface area contributed by atoms with E-state index in [1.807, 2.05) is 4.90 Å². The summed E-state index contributed by atoms with van der Waals surface area (Å²) >= 11 is 6.15. The summed E-state index contributed by atoms with van der Waals surface area (Å²) in [5.41, 5.74) is 0.291. The van der Waals surface area contributed by atoms with Crippen molar-refractivity contribution in [3.63, 3.8) is 0 Å². The molecule has 3 aromatic rings. The van der Waals surface area contributed by atoms with Crippen molar-refractivity contribution >= 4 is 28.7 Å². The maximum atomic E-state index is 14.2. The van der Waals surface area contributed by atoms with Crippen LogP contribution < -0.4 is 16.1 Å². The molecule has 3 heterocycles. The quantitative estimate of drug-likeness (QED) is 0.681. The van der Waals surface area contributed by atoms with Gasteiger partial charge in [-0.25, -0.2) is 9.18 Å². The fourth-order valence-corrected chi connectivity index (χ4v) is 3.65. The van der Waals surface area contributed by atoms with E-state index < -0.39 is 5.69 Å². The Labute approximate surface area is 152 Å². The average molecular weight is 378 g/mol. The largest absolute Gasteiger partial charge is 0.338 e. The lowest BCUT2D eigenvalue weighted by atomic mass is 10.2. The predicted molar refractivity (Wildman–Crippen MR) is 97.3 cm³/mol. The van der Waals surface area contributed by atoms with Gasteiger partial charge in [0, 0.05) is 37.8 Å². The highest BCUT2D eigenvalue weighted by Gasteiger charge is 2.26. The van der Waals surface area contributed by atoms with Gasteiger partial charge in [-0.05, 0) is 18.6 Å². The van der Waals surface area contributed by atoms with Crippen molar-refractivity contribution < 1.29 is 4.39 Å². The van der Waals surface area contributed by atoms with Crippen LogP contribution in [0.25, 0.3) is 11.2 Å². The molecule has 1 aliphatic heterocycles. The summed E-state index contributed by atoms with van der Waals surface area (Å²) in [5, 5.41) is 0.349. The maximum absolute atomic E-state index is 14.2. The SMILES string of the molecule is Cn1c(=O)c2c(nc3n2CCCN3Cc2c(F)cccc2Cl)n(C)c1=O. The first-order chi connectivity index (χ1) is 12.4. The van der Waals surface area contributed by atoms with Crippen molar-refractivity contribution in [2.75, 3.05) is 11.4 Å². The smallest absolute Gasteiger partial charge is 0.332 e. The third kappa shape index (κ3) is 2.36. The fraction of sp³-hybridized carbons (Fsp3) is 0.353. The molecule has 7 nitrogen and oxygen atoms in total. The van der Waals surface area contributed by atoms with Gasteiger partial charge in [-0.2, -0.15) is 4.98 Å². The Morgan fingerprint density at radius 1 is 1.19 bits per heavy atom. The average Bonchev–Trinajstić information content (AvgIpc) is 3.02. The fourth-order valence-electron chi connectivity index (χ4n) is 3.43. The number of aromatic nitrogens is 4. The first kappa shape index (κ1) is 16.8. The molecule has 9 heteroatoms. The Morgan fingerprint density at radius 3 is 2.69 bits per heavy atom. The molecule has 0 saturated carbocycles. The molecular formula is C17H17ClFN5O2. The van der Waals surface area contributed by atoms with Crippen molar-refractivity contribution in [3.8, 4) is 0 Å². The zero-order chi connectivity index (χ0) is 18.6. The molecule has 0 unspecified atom stereocenters. The van der Waals surface area contributed by atoms with Crippen LogP contribution in [0, 0.1) is 5.82 Å². The summed E-state index contributed by atoms with van der Waals surface area (Å²) in [6.45, 7) is 1.51. The molecular weight excluding hydrogens is 361 g/mol. The predicted octanol–water partition coefficient (Wildman–Crippen LogP) is 1.64. The van der Waals surface area contributed by atoms with Crippen LogP contribution in [0.5, 0.6) is 0 Å². The summed E-state index contributed by atoms with van der Waals surface area (Å²) in [4.78, 5) is 31.2. The minimum Gasteiger partial charge on any atom is -0.338 e. The Hall–Kier alpha value is -2.61. The zero-order valence-electron chi connectivity index (χ0n) is 14.4. The van der Waals surface area contributed by atoms with Gasteiger partial charge in [0.25, 0.3) is 5.56 Å². The van der Waals surface area contributed by atoms with Crippen molar-refractivity contribution in [2.24, 2.45) is 14.1 Å². The molecule has 0 amide bonds. The van der Waals surface area contributed by atoms with Crippen LogP contribution in [-0.2, 0) is 27.2 Å².